The third-order valence-corrected chi connectivity index (χ3v) is 14.3. The molecule has 0 bridgehead atoms. The lowest BCUT2D eigenvalue weighted by molar-refractivity contribution is -0.136. The van der Waals surface area contributed by atoms with Crippen LogP contribution < -0.4 is 48.7 Å². The third kappa shape index (κ3) is 17.6. The topological polar surface area (TPSA) is 364 Å². The number of hydrogen-bond donors (Lipinski definition) is 13. The number of aromatic nitrogens is 1. The summed E-state index contributed by atoms with van der Waals surface area (Å²) in [4.78, 5) is 103. The van der Waals surface area contributed by atoms with Gasteiger partial charge in [-0.15, -0.1) is 0 Å². The number of nitrogens with one attached hydrogen (secondary N) is 8. The summed E-state index contributed by atoms with van der Waals surface area (Å²) in [5.74, 6) is -6.01. The Morgan fingerprint density at radius 1 is 0.722 bits per heavy atom. The van der Waals surface area contributed by atoms with Crippen molar-refractivity contribution in [3.63, 3.8) is 0 Å². The summed E-state index contributed by atoms with van der Waals surface area (Å²) in [6.45, 7) is 2.23. The minimum absolute atomic E-state index is 0. The van der Waals surface area contributed by atoms with Crippen LogP contribution >= 0.6 is 21.6 Å². The van der Waals surface area contributed by atoms with E-state index in [1.807, 2.05) is 30.3 Å². The Bertz CT molecular complexity index is 2400. The molecule has 10 atom stereocenters. The number of aliphatic hydroxyl groups excluding tert-OH is 3. The number of fused-ring (bicyclic) bond motifs is 1. The summed E-state index contributed by atoms with van der Waals surface area (Å²) in [5.41, 5.74) is 15.0. The van der Waals surface area contributed by atoms with Crippen LogP contribution in [-0.4, -0.2) is 152 Å². The summed E-state index contributed by atoms with van der Waals surface area (Å²) in [5, 5.41) is 50.5. The Morgan fingerprint density at radius 2 is 1.31 bits per heavy atom. The van der Waals surface area contributed by atoms with Crippen molar-refractivity contribution in [2.45, 2.75) is 113 Å². The number of H-pyrrole nitrogens is 1. The lowest BCUT2D eigenvalue weighted by atomic mass is 10.0. The highest BCUT2D eigenvalue weighted by Gasteiger charge is 2.36. The molecule has 5 rings (SSSR count). The van der Waals surface area contributed by atoms with E-state index in [0.29, 0.717) is 24.0 Å². The maximum Gasteiger partial charge on any atom is 0.245 e. The normalized spacial score (nSPS) is 22.5. The number of benzene rings is 3. The zero-order valence-electron chi connectivity index (χ0n) is 40.2. The van der Waals surface area contributed by atoms with E-state index in [-0.39, 0.29) is 49.2 Å². The molecule has 7 amide bonds. The molecule has 72 heavy (non-hydrogen) atoms. The minimum atomic E-state index is -1.66. The first kappa shape index (κ1) is 58.5. The average molecular weight is 1040 g/mol. The lowest BCUT2D eigenvalue weighted by Gasteiger charge is -2.29. The van der Waals surface area contributed by atoms with Crippen LogP contribution in [0.15, 0.2) is 91.1 Å². The second kappa shape index (κ2) is 29.5. The SMILES string of the molecule is C[C@@H](O)[C@@H]1NC(=O)[C@H](CCCCN)NC(=O)[C@@H](Cc2c[nH]c3ccccc23)NC(=O)[C@H](Cc2ccccc2)NC(=O)[C@@H](NC(=O)[C@H](N)Cc2ccccc2)CSSC[C@@H](C(=O)N[C@H](CO)[C@@H](C)O)NC1=O.O. The average Bonchev–Trinajstić information content (AvgIpc) is 3.76. The van der Waals surface area contributed by atoms with E-state index in [4.69, 9.17) is 11.5 Å². The van der Waals surface area contributed by atoms with Crippen LogP contribution in [-0.2, 0) is 52.8 Å². The van der Waals surface area contributed by atoms with Crippen molar-refractivity contribution in [2.24, 2.45) is 11.5 Å². The molecule has 1 aromatic heterocycles. The van der Waals surface area contributed by atoms with Crippen LogP contribution in [0.3, 0.4) is 0 Å². The smallest absolute Gasteiger partial charge is 0.245 e. The number of carbonyl (C=O) groups is 7. The molecule has 2 heterocycles. The predicted molar refractivity (Wildman–Crippen MR) is 276 cm³/mol. The number of hydrogen-bond acceptors (Lipinski definition) is 14. The first-order valence-electron chi connectivity index (χ1n) is 23.5. The quantitative estimate of drug-likeness (QED) is 0.0418. The molecule has 0 spiro atoms. The van der Waals surface area contributed by atoms with Gasteiger partial charge < -0.3 is 74.5 Å². The van der Waals surface area contributed by atoms with E-state index in [1.165, 1.54) is 13.8 Å². The van der Waals surface area contributed by atoms with Crippen molar-refractivity contribution >= 4 is 73.8 Å². The Kier molecular flexibility index (Phi) is 23.9. The van der Waals surface area contributed by atoms with Gasteiger partial charge >= 0.3 is 0 Å². The van der Waals surface area contributed by atoms with Crippen LogP contribution in [0, 0.1) is 0 Å². The zero-order valence-corrected chi connectivity index (χ0v) is 41.8. The number of amides is 7. The molecule has 0 unspecified atom stereocenters. The monoisotopic (exact) mass is 1040 g/mol. The number of carbonyl (C=O) groups excluding carboxylic acids is 7. The Labute approximate surface area is 425 Å². The Balaban J connectivity index is 0.0000112. The van der Waals surface area contributed by atoms with Gasteiger partial charge in [0.2, 0.25) is 41.4 Å². The van der Waals surface area contributed by atoms with Gasteiger partial charge in [0.25, 0.3) is 0 Å². The summed E-state index contributed by atoms with van der Waals surface area (Å²) in [6.07, 6.45) is -0.156. The second-order valence-electron chi connectivity index (χ2n) is 17.5. The summed E-state index contributed by atoms with van der Waals surface area (Å²) >= 11 is 0. The number of para-hydroxylation sites is 1. The van der Waals surface area contributed by atoms with Gasteiger partial charge in [-0.05, 0) is 68.8 Å². The van der Waals surface area contributed by atoms with Crippen molar-refractivity contribution in [3.05, 3.63) is 108 Å². The van der Waals surface area contributed by atoms with E-state index < -0.39 is 108 Å². The van der Waals surface area contributed by atoms with Crippen molar-refractivity contribution < 1.29 is 54.4 Å². The van der Waals surface area contributed by atoms with Gasteiger partial charge in [0.1, 0.15) is 36.3 Å². The Morgan fingerprint density at radius 3 is 1.94 bits per heavy atom. The number of aromatic amines is 1. The van der Waals surface area contributed by atoms with Crippen molar-refractivity contribution in [2.75, 3.05) is 24.7 Å². The third-order valence-electron chi connectivity index (χ3n) is 11.9. The van der Waals surface area contributed by atoms with Crippen LogP contribution in [0.4, 0.5) is 0 Å². The lowest BCUT2D eigenvalue weighted by Crippen LogP contribution is -2.62. The summed E-state index contributed by atoms with van der Waals surface area (Å²) in [6, 6.07) is 14.6. The van der Waals surface area contributed by atoms with Gasteiger partial charge in [-0.25, -0.2) is 0 Å². The first-order valence-corrected chi connectivity index (χ1v) is 26.0. The highest BCUT2D eigenvalue weighted by atomic mass is 33.1. The van der Waals surface area contributed by atoms with E-state index in [1.54, 1.807) is 60.8 Å². The molecule has 1 fully saturated rings. The van der Waals surface area contributed by atoms with Crippen molar-refractivity contribution in [1.29, 1.82) is 0 Å². The molecule has 0 radical (unpaired) electrons. The van der Waals surface area contributed by atoms with Crippen molar-refractivity contribution in [3.8, 4) is 0 Å². The van der Waals surface area contributed by atoms with Gasteiger partial charge in [0, 0.05) is 41.4 Å². The van der Waals surface area contributed by atoms with E-state index in [0.717, 1.165) is 38.1 Å². The number of unbranched alkanes of at least 4 members (excludes halogenated alkanes) is 1. The zero-order chi connectivity index (χ0) is 51.5. The van der Waals surface area contributed by atoms with Crippen LogP contribution in [0.1, 0.15) is 49.8 Å². The summed E-state index contributed by atoms with van der Waals surface area (Å²) in [7, 11) is 2.06. The van der Waals surface area contributed by atoms with Gasteiger partial charge in [-0.1, -0.05) is 100 Å². The molecule has 1 saturated heterocycles. The maximum atomic E-state index is 14.7. The largest absolute Gasteiger partial charge is 0.412 e. The van der Waals surface area contributed by atoms with E-state index in [2.05, 4.69) is 42.2 Å². The fourth-order valence-electron chi connectivity index (χ4n) is 7.73. The molecule has 1 aliphatic heterocycles. The molecule has 392 valence electrons. The van der Waals surface area contributed by atoms with Gasteiger partial charge in [0.15, 0.2) is 0 Å². The van der Waals surface area contributed by atoms with Crippen molar-refractivity contribution in [1.82, 2.24) is 42.2 Å². The molecule has 17 N–H and O–H groups in total. The number of aliphatic hydroxyl groups is 3. The highest BCUT2D eigenvalue weighted by molar-refractivity contribution is 8.76. The summed E-state index contributed by atoms with van der Waals surface area (Å²) < 4.78 is 0. The molecular formula is C49H68N10O11S2. The molecule has 0 saturated carbocycles. The van der Waals surface area contributed by atoms with E-state index in [9.17, 15) is 48.9 Å². The molecule has 23 heteroatoms. The maximum absolute atomic E-state index is 14.7. The van der Waals surface area contributed by atoms with Crippen LogP contribution in [0.25, 0.3) is 10.9 Å². The molecule has 21 nitrogen and oxygen atoms in total. The number of rotatable bonds is 17. The minimum Gasteiger partial charge on any atom is -0.412 e. The predicted octanol–water partition coefficient (Wildman–Crippen LogP) is -1.63. The highest BCUT2D eigenvalue weighted by Crippen LogP contribution is 2.24. The van der Waals surface area contributed by atoms with Crippen LogP contribution in [0.2, 0.25) is 0 Å². The standard InChI is InChI=1S/C49H66N10O10S2.H2O/c1-28(61)39(25-60)56-48(68)41-27-71-70-26-40(57-43(63)34(51)21-30-13-5-3-6-14-30)47(67)54-37(22-31-15-7-4-8-16-31)45(65)55-38(23-32-24-52-35-18-10-9-17-33(32)35)46(66)53-36(19-11-12-20-50)44(64)59-42(29(2)62)49(69)58-41;/h3-10,13-18,24,28-29,34,36-42,52,60-62H,11-12,19-23,25-27,50-51H2,1-2H3,(H,53,66)(H,54,67)(H,55,65)(H,56,68)(H,57,63)(H,58,69)(H,59,64);1H2/t28-,29-,34-,36+,37+,38-,39-,40+,41+,42+;/m1./s1. The fourth-order valence-corrected chi connectivity index (χ4v) is 10.1. The number of nitrogens with two attached hydrogens (primary N) is 2. The molecule has 3 aromatic carbocycles. The fraction of sp³-hybridized carbons (Fsp3) is 0.449. The Hall–Kier alpha value is -6.05. The molecule has 0 aliphatic carbocycles. The first-order chi connectivity index (χ1) is 34.1. The van der Waals surface area contributed by atoms with Gasteiger partial charge in [-0.3, -0.25) is 33.6 Å². The molecule has 4 aromatic rings. The molecule has 1 aliphatic rings. The van der Waals surface area contributed by atoms with Crippen LogP contribution in [0.5, 0.6) is 0 Å². The second-order valence-corrected chi connectivity index (χ2v) is 20.0. The van der Waals surface area contributed by atoms with Gasteiger partial charge in [-0.2, -0.15) is 0 Å². The molecular weight excluding hydrogens is 969 g/mol. The van der Waals surface area contributed by atoms with E-state index >= 15 is 0 Å². The van der Waals surface area contributed by atoms with Gasteiger partial charge in [0.05, 0.1) is 30.9 Å².